The quantitative estimate of drug-likeness (QED) is 0.403. The molecule has 0 aliphatic rings. The molecular weight excluding hydrogens is 460 g/mol. The van der Waals surface area contributed by atoms with Crippen molar-refractivity contribution in [3.8, 4) is 22.6 Å². The van der Waals surface area contributed by atoms with Crippen molar-refractivity contribution in [3.05, 3.63) is 59.7 Å². The lowest BCUT2D eigenvalue weighted by Crippen LogP contribution is -2.09. The van der Waals surface area contributed by atoms with Gasteiger partial charge in [-0.2, -0.15) is 0 Å². The third-order valence-corrected chi connectivity index (χ3v) is 6.21. The minimum atomic E-state index is -3.41. The van der Waals surface area contributed by atoms with Crippen LogP contribution in [0, 0.1) is 0 Å². The maximum absolute atomic E-state index is 11.7. The second-order valence-corrected chi connectivity index (χ2v) is 11.7. The minimum Gasteiger partial charge on any atom is -0.456 e. The molecule has 1 aromatic heterocycles. The Kier molecular flexibility index (Phi) is 7.54. The zero-order chi connectivity index (χ0) is 24.2. The molecule has 2 aromatic carbocycles. The first kappa shape index (κ1) is 24.9. The van der Waals surface area contributed by atoms with Crippen LogP contribution in [0.25, 0.3) is 22.6 Å². The van der Waals surface area contributed by atoms with E-state index in [1.54, 1.807) is 24.3 Å². The molecule has 0 aliphatic carbocycles. The van der Waals surface area contributed by atoms with E-state index in [0.717, 1.165) is 60.4 Å². The minimum absolute atomic E-state index is 0.469. The smallest absolute Gasteiger partial charge is 0.229 e. The van der Waals surface area contributed by atoms with Gasteiger partial charge in [0.25, 0.3) is 0 Å². The first-order valence-electron chi connectivity index (χ1n) is 10.8. The number of aryl methyl sites for hydroxylation is 2. The molecule has 1 heterocycles. The second-order valence-electron chi connectivity index (χ2n) is 8.16. The zero-order valence-corrected chi connectivity index (χ0v) is 20.9. The third kappa shape index (κ3) is 6.85. The van der Waals surface area contributed by atoms with E-state index in [9.17, 15) is 16.8 Å². The van der Waals surface area contributed by atoms with E-state index < -0.39 is 20.0 Å². The molecule has 3 aromatic rings. The first-order valence-corrected chi connectivity index (χ1v) is 14.6. The molecule has 0 unspecified atom stereocenters. The van der Waals surface area contributed by atoms with Gasteiger partial charge in [0.15, 0.2) is 0 Å². The van der Waals surface area contributed by atoms with Gasteiger partial charge in [-0.15, -0.1) is 0 Å². The highest BCUT2D eigenvalue weighted by molar-refractivity contribution is 7.92. The van der Waals surface area contributed by atoms with E-state index >= 15 is 0 Å². The van der Waals surface area contributed by atoms with Gasteiger partial charge in [0.05, 0.1) is 12.5 Å². The molecular formula is C24H30N2O5S2. The van der Waals surface area contributed by atoms with Crippen LogP contribution < -0.4 is 9.44 Å². The number of anilines is 2. The summed E-state index contributed by atoms with van der Waals surface area (Å²) in [5.74, 6) is 1.24. The van der Waals surface area contributed by atoms with Gasteiger partial charge in [-0.1, -0.05) is 38.8 Å². The van der Waals surface area contributed by atoms with E-state index in [1.807, 2.05) is 24.3 Å². The van der Waals surface area contributed by atoms with E-state index in [2.05, 4.69) is 23.3 Å². The fourth-order valence-electron chi connectivity index (χ4n) is 3.77. The van der Waals surface area contributed by atoms with E-state index in [-0.39, 0.29) is 0 Å². The molecule has 0 amide bonds. The van der Waals surface area contributed by atoms with Crippen molar-refractivity contribution in [3.63, 3.8) is 0 Å². The number of furan rings is 1. The van der Waals surface area contributed by atoms with Crippen molar-refractivity contribution >= 4 is 31.4 Å². The SMILES string of the molecule is CCCc1ccc(NS(C)(=O)=O)cc1-c1ccc(-c2cc(NS(C)(=O)=O)ccc2CCC)o1. The molecule has 2 N–H and O–H groups in total. The summed E-state index contributed by atoms with van der Waals surface area (Å²) in [6, 6.07) is 14.6. The first-order chi connectivity index (χ1) is 15.5. The topological polar surface area (TPSA) is 105 Å². The summed E-state index contributed by atoms with van der Waals surface area (Å²) >= 11 is 0. The normalized spacial score (nSPS) is 12.0. The second kappa shape index (κ2) is 10.0. The fraction of sp³-hybridized carbons (Fsp3) is 0.333. The fourth-order valence-corrected chi connectivity index (χ4v) is 4.88. The van der Waals surface area contributed by atoms with Crippen molar-refractivity contribution in [2.45, 2.75) is 39.5 Å². The highest BCUT2D eigenvalue weighted by atomic mass is 32.2. The van der Waals surface area contributed by atoms with Crippen LogP contribution in [-0.2, 0) is 32.9 Å². The van der Waals surface area contributed by atoms with Gasteiger partial charge in [-0.05, 0) is 60.4 Å². The number of rotatable bonds is 10. The Labute approximate surface area is 196 Å². The van der Waals surface area contributed by atoms with Crippen molar-refractivity contribution < 1.29 is 21.3 Å². The van der Waals surface area contributed by atoms with Crippen molar-refractivity contribution in [2.75, 3.05) is 22.0 Å². The summed E-state index contributed by atoms with van der Waals surface area (Å²) in [6.07, 6.45) is 5.73. The number of nitrogens with one attached hydrogen (secondary N) is 2. The van der Waals surface area contributed by atoms with Crippen LogP contribution in [0.4, 0.5) is 11.4 Å². The van der Waals surface area contributed by atoms with Gasteiger partial charge >= 0.3 is 0 Å². The molecule has 178 valence electrons. The molecule has 0 atom stereocenters. The Balaban J connectivity index is 2.07. The van der Waals surface area contributed by atoms with Crippen LogP contribution in [0.5, 0.6) is 0 Å². The Hall–Kier alpha value is -2.78. The summed E-state index contributed by atoms with van der Waals surface area (Å²) in [5, 5.41) is 0. The molecule has 33 heavy (non-hydrogen) atoms. The Morgan fingerprint density at radius 1 is 0.667 bits per heavy atom. The summed E-state index contributed by atoms with van der Waals surface area (Å²) in [6.45, 7) is 4.16. The standard InChI is InChI=1S/C24H30N2O5S2/c1-5-7-17-9-11-19(25-32(3,27)28)15-21(17)23-13-14-24(31-23)22-16-20(26-33(4,29)30)12-10-18(22)8-6-2/h9-16,25-26H,5-8H2,1-4H3. The molecule has 3 rings (SSSR count). The van der Waals surface area contributed by atoms with Crippen LogP contribution in [0.3, 0.4) is 0 Å². The van der Waals surface area contributed by atoms with Gasteiger partial charge in [0, 0.05) is 22.5 Å². The maximum Gasteiger partial charge on any atom is 0.229 e. The van der Waals surface area contributed by atoms with Crippen LogP contribution in [0.1, 0.15) is 37.8 Å². The maximum atomic E-state index is 11.7. The summed E-state index contributed by atoms with van der Waals surface area (Å²) in [4.78, 5) is 0. The highest BCUT2D eigenvalue weighted by Crippen LogP contribution is 2.35. The molecule has 0 saturated heterocycles. The molecule has 0 aliphatic heterocycles. The largest absolute Gasteiger partial charge is 0.456 e. The van der Waals surface area contributed by atoms with Crippen LogP contribution in [-0.4, -0.2) is 29.3 Å². The van der Waals surface area contributed by atoms with E-state index in [1.165, 1.54) is 0 Å². The van der Waals surface area contributed by atoms with Crippen molar-refractivity contribution in [2.24, 2.45) is 0 Å². The third-order valence-electron chi connectivity index (χ3n) is 5.00. The number of sulfonamides is 2. The van der Waals surface area contributed by atoms with Crippen LogP contribution in [0.15, 0.2) is 52.9 Å². The molecule has 0 saturated carbocycles. The van der Waals surface area contributed by atoms with Crippen LogP contribution >= 0.6 is 0 Å². The molecule has 9 heteroatoms. The Bertz CT molecular complexity index is 1240. The monoisotopic (exact) mass is 490 g/mol. The lowest BCUT2D eigenvalue weighted by molar-refractivity contribution is 0.595. The molecule has 0 spiro atoms. The van der Waals surface area contributed by atoms with Gasteiger partial charge in [0.2, 0.25) is 20.0 Å². The number of benzene rings is 2. The summed E-state index contributed by atoms with van der Waals surface area (Å²) in [5.41, 5.74) is 4.68. The van der Waals surface area contributed by atoms with Crippen molar-refractivity contribution in [1.29, 1.82) is 0 Å². The van der Waals surface area contributed by atoms with Gasteiger partial charge in [-0.25, -0.2) is 16.8 Å². The molecule has 0 radical (unpaired) electrons. The number of hydrogen-bond acceptors (Lipinski definition) is 5. The number of hydrogen-bond donors (Lipinski definition) is 2. The lowest BCUT2D eigenvalue weighted by atomic mass is 10.0. The molecule has 0 fully saturated rings. The predicted octanol–water partition coefficient (Wildman–Crippen LogP) is 5.26. The zero-order valence-electron chi connectivity index (χ0n) is 19.3. The predicted molar refractivity (Wildman–Crippen MR) is 135 cm³/mol. The van der Waals surface area contributed by atoms with Crippen LogP contribution in [0.2, 0.25) is 0 Å². The highest BCUT2D eigenvalue weighted by Gasteiger charge is 2.16. The molecule has 0 bridgehead atoms. The van der Waals surface area contributed by atoms with Crippen molar-refractivity contribution in [1.82, 2.24) is 0 Å². The summed E-state index contributed by atoms with van der Waals surface area (Å²) < 4.78 is 58.1. The van der Waals surface area contributed by atoms with E-state index in [4.69, 9.17) is 4.42 Å². The lowest BCUT2D eigenvalue weighted by Gasteiger charge is -2.12. The van der Waals surface area contributed by atoms with E-state index in [0.29, 0.717) is 22.9 Å². The van der Waals surface area contributed by atoms with Gasteiger partial charge < -0.3 is 4.42 Å². The molecule has 7 nitrogen and oxygen atoms in total. The Morgan fingerprint density at radius 3 is 1.39 bits per heavy atom. The average Bonchev–Trinajstić information content (AvgIpc) is 3.18. The Morgan fingerprint density at radius 2 is 1.06 bits per heavy atom. The average molecular weight is 491 g/mol. The summed E-state index contributed by atoms with van der Waals surface area (Å²) in [7, 11) is -6.81. The van der Waals surface area contributed by atoms with Gasteiger partial charge in [-0.3, -0.25) is 9.44 Å². The van der Waals surface area contributed by atoms with Gasteiger partial charge in [0.1, 0.15) is 11.5 Å².